The van der Waals surface area contributed by atoms with Gasteiger partial charge in [-0.3, -0.25) is 4.55 Å². The third-order valence-corrected chi connectivity index (χ3v) is 7.15. The van der Waals surface area contributed by atoms with Gasteiger partial charge in [-0.2, -0.15) is 8.42 Å². The highest BCUT2D eigenvalue weighted by Gasteiger charge is 2.18. The van der Waals surface area contributed by atoms with Crippen LogP contribution in [0.2, 0.25) is 0 Å². The number of unbranched alkanes of at least 4 members (excludes halogenated alkanes) is 12. The smallest absolute Gasteiger partial charge is 0.282 e. The van der Waals surface area contributed by atoms with E-state index in [1.807, 2.05) is 12.1 Å². The van der Waals surface area contributed by atoms with E-state index in [0.717, 1.165) is 24.8 Å². The summed E-state index contributed by atoms with van der Waals surface area (Å²) < 4.78 is 33.1. The van der Waals surface area contributed by atoms with Crippen molar-refractivity contribution in [3.63, 3.8) is 0 Å². The molecule has 1 aromatic rings. The first-order chi connectivity index (χ1) is 14.5. The van der Waals surface area contributed by atoms with Gasteiger partial charge < -0.3 is 0 Å². The van der Waals surface area contributed by atoms with Crippen LogP contribution in [0.4, 0.5) is 0 Å². The summed E-state index contributed by atoms with van der Waals surface area (Å²) in [6, 6.07) is 6.96. The average molecular weight is 439 g/mol. The van der Waals surface area contributed by atoms with Crippen LogP contribution in [0.1, 0.15) is 122 Å². The van der Waals surface area contributed by atoms with Crippen molar-refractivity contribution < 1.29 is 13.0 Å². The van der Waals surface area contributed by atoms with Crippen LogP contribution in [0.15, 0.2) is 29.2 Å². The third kappa shape index (κ3) is 12.7. The van der Waals surface area contributed by atoms with E-state index in [1.165, 1.54) is 96.0 Å². The standard InChI is InChI=1S/C26H46O3S/c1-3-5-7-9-11-12-14-16-20-24(19-15-13-10-8-6-4-2)23-25-21-17-18-22-26(25)30(27,28)29/h17-18,21-22,24H,3-16,19-20,23H2,1-2H3,(H,27,28,29). The Hall–Kier alpha value is -0.870. The maximum atomic E-state index is 11.8. The van der Waals surface area contributed by atoms with E-state index in [0.29, 0.717) is 5.92 Å². The van der Waals surface area contributed by atoms with Crippen LogP contribution in [-0.2, 0) is 16.5 Å². The molecule has 0 aliphatic rings. The van der Waals surface area contributed by atoms with E-state index in [1.54, 1.807) is 6.07 Å². The fourth-order valence-electron chi connectivity index (χ4n) is 4.36. The van der Waals surface area contributed by atoms with E-state index in [-0.39, 0.29) is 4.90 Å². The molecule has 0 aliphatic heterocycles. The monoisotopic (exact) mass is 438 g/mol. The summed E-state index contributed by atoms with van der Waals surface area (Å²) in [5.74, 6) is 0.499. The van der Waals surface area contributed by atoms with Crippen LogP contribution >= 0.6 is 0 Å². The normalized spacial score (nSPS) is 12.9. The van der Waals surface area contributed by atoms with Crippen molar-refractivity contribution in [1.82, 2.24) is 0 Å². The summed E-state index contributed by atoms with van der Waals surface area (Å²) in [6.45, 7) is 4.50. The molecule has 0 fully saturated rings. The first-order valence-corrected chi connectivity index (χ1v) is 14.0. The van der Waals surface area contributed by atoms with Gasteiger partial charge in [-0.1, -0.05) is 135 Å². The summed E-state index contributed by atoms with van der Waals surface area (Å²) in [7, 11) is -4.15. The Balaban J connectivity index is 2.52. The van der Waals surface area contributed by atoms with Gasteiger partial charge in [0.05, 0.1) is 4.90 Å². The predicted octanol–water partition coefficient (Wildman–Crippen LogP) is 8.37. The molecule has 0 saturated heterocycles. The van der Waals surface area contributed by atoms with Gasteiger partial charge in [0.15, 0.2) is 0 Å². The lowest BCUT2D eigenvalue weighted by atomic mass is 9.88. The molecule has 30 heavy (non-hydrogen) atoms. The molecule has 3 nitrogen and oxygen atoms in total. The Bertz CT molecular complexity index is 639. The Morgan fingerprint density at radius 3 is 1.60 bits per heavy atom. The summed E-state index contributed by atoms with van der Waals surface area (Å²) in [5.41, 5.74) is 0.774. The van der Waals surface area contributed by atoms with Crippen LogP contribution in [0, 0.1) is 5.92 Å². The molecule has 0 amide bonds. The molecule has 1 rings (SSSR count). The second-order valence-corrected chi connectivity index (χ2v) is 10.4. The van der Waals surface area contributed by atoms with Crippen molar-refractivity contribution in [1.29, 1.82) is 0 Å². The van der Waals surface area contributed by atoms with Gasteiger partial charge in [0, 0.05) is 0 Å². The van der Waals surface area contributed by atoms with Crippen molar-refractivity contribution >= 4 is 10.1 Å². The van der Waals surface area contributed by atoms with Gasteiger partial charge in [-0.25, -0.2) is 0 Å². The van der Waals surface area contributed by atoms with Gasteiger partial charge in [-0.15, -0.1) is 0 Å². The maximum Gasteiger partial charge on any atom is 0.294 e. The van der Waals surface area contributed by atoms with E-state index in [9.17, 15) is 13.0 Å². The highest BCUT2D eigenvalue weighted by Crippen LogP contribution is 2.26. The zero-order valence-electron chi connectivity index (χ0n) is 19.6. The van der Waals surface area contributed by atoms with Gasteiger partial charge in [0.2, 0.25) is 0 Å². The van der Waals surface area contributed by atoms with Crippen LogP contribution in [0.3, 0.4) is 0 Å². The molecule has 1 N–H and O–H groups in total. The molecule has 1 aromatic carbocycles. The minimum absolute atomic E-state index is 0.0915. The molecule has 0 aromatic heterocycles. The Kier molecular flexibility index (Phi) is 15.2. The van der Waals surface area contributed by atoms with E-state index in [4.69, 9.17) is 0 Å². The van der Waals surface area contributed by atoms with Crippen molar-refractivity contribution in [2.45, 2.75) is 128 Å². The molecule has 0 spiro atoms. The number of hydrogen-bond donors (Lipinski definition) is 1. The van der Waals surface area contributed by atoms with E-state index in [2.05, 4.69) is 13.8 Å². The molecule has 0 saturated carbocycles. The Morgan fingerprint density at radius 2 is 1.13 bits per heavy atom. The van der Waals surface area contributed by atoms with Crippen molar-refractivity contribution in [3.8, 4) is 0 Å². The lowest BCUT2D eigenvalue weighted by molar-refractivity contribution is 0.397. The van der Waals surface area contributed by atoms with Crippen molar-refractivity contribution in [2.24, 2.45) is 5.92 Å². The summed E-state index contributed by atoms with van der Waals surface area (Å²) in [6.07, 6.45) is 21.3. The highest BCUT2D eigenvalue weighted by atomic mass is 32.2. The lowest BCUT2D eigenvalue weighted by Crippen LogP contribution is -2.10. The zero-order valence-corrected chi connectivity index (χ0v) is 20.4. The van der Waals surface area contributed by atoms with E-state index >= 15 is 0 Å². The fraction of sp³-hybridized carbons (Fsp3) is 0.769. The van der Waals surface area contributed by atoms with Crippen molar-refractivity contribution in [2.75, 3.05) is 0 Å². The number of rotatable bonds is 19. The lowest BCUT2D eigenvalue weighted by Gasteiger charge is -2.18. The largest absolute Gasteiger partial charge is 0.294 e. The van der Waals surface area contributed by atoms with Crippen LogP contribution < -0.4 is 0 Å². The van der Waals surface area contributed by atoms with Gasteiger partial charge in [-0.05, 0) is 24.0 Å². The molecule has 0 aliphatic carbocycles. The predicted molar refractivity (Wildman–Crippen MR) is 129 cm³/mol. The van der Waals surface area contributed by atoms with Crippen LogP contribution in [0.25, 0.3) is 0 Å². The van der Waals surface area contributed by atoms with Gasteiger partial charge in [0.1, 0.15) is 0 Å². The highest BCUT2D eigenvalue weighted by molar-refractivity contribution is 7.85. The summed E-state index contributed by atoms with van der Waals surface area (Å²) >= 11 is 0. The Labute approximate surface area is 186 Å². The fourth-order valence-corrected chi connectivity index (χ4v) is 5.10. The number of hydrogen-bond acceptors (Lipinski definition) is 2. The summed E-state index contributed by atoms with van der Waals surface area (Å²) in [5, 5.41) is 0. The molecular formula is C26H46O3S. The topological polar surface area (TPSA) is 54.4 Å². The molecular weight excluding hydrogens is 392 g/mol. The van der Waals surface area contributed by atoms with Crippen LogP contribution in [-0.4, -0.2) is 13.0 Å². The first-order valence-electron chi connectivity index (χ1n) is 12.5. The zero-order chi connectivity index (χ0) is 22.1. The SMILES string of the molecule is CCCCCCCCCCC(CCCCCCCC)Cc1ccccc1S(=O)(=O)O. The molecule has 0 heterocycles. The molecule has 4 heteroatoms. The summed E-state index contributed by atoms with van der Waals surface area (Å²) in [4.78, 5) is 0.0915. The second kappa shape index (κ2) is 16.8. The first kappa shape index (κ1) is 27.2. The van der Waals surface area contributed by atoms with Gasteiger partial charge >= 0.3 is 0 Å². The van der Waals surface area contributed by atoms with Crippen molar-refractivity contribution in [3.05, 3.63) is 29.8 Å². The van der Waals surface area contributed by atoms with Gasteiger partial charge in [0.25, 0.3) is 10.1 Å². The minimum Gasteiger partial charge on any atom is -0.282 e. The second-order valence-electron chi connectivity index (χ2n) is 8.97. The maximum absolute atomic E-state index is 11.8. The third-order valence-electron chi connectivity index (χ3n) is 6.19. The average Bonchev–Trinajstić information content (AvgIpc) is 2.71. The molecule has 1 atom stereocenters. The minimum atomic E-state index is -4.15. The van der Waals surface area contributed by atoms with E-state index < -0.39 is 10.1 Å². The molecule has 0 radical (unpaired) electrons. The molecule has 174 valence electrons. The molecule has 0 bridgehead atoms. The Morgan fingerprint density at radius 1 is 0.700 bits per heavy atom. The van der Waals surface area contributed by atoms with Crippen LogP contribution in [0.5, 0.6) is 0 Å². The molecule has 1 unspecified atom stereocenters. The number of benzene rings is 1. The quantitative estimate of drug-likeness (QED) is 0.174.